The molecule has 1 fully saturated rings. The van der Waals surface area contributed by atoms with Gasteiger partial charge in [0.25, 0.3) is 0 Å². The van der Waals surface area contributed by atoms with Gasteiger partial charge in [0.15, 0.2) is 0 Å². The van der Waals surface area contributed by atoms with Gasteiger partial charge in [0.05, 0.1) is 5.92 Å². The highest BCUT2D eigenvalue weighted by Gasteiger charge is 2.29. The number of carbonyl (C=O) groups excluding carboxylic acids is 1. The molecule has 0 spiro atoms. The van der Waals surface area contributed by atoms with Crippen LogP contribution in [0.5, 0.6) is 0 Å². The van der Waals surface area contributed by atoms with Crippen molar-refractivity contribution in [1.82, 2.24) is 4.90 Å². The summed E-state index contributed by atoms with van der Waals surface area (Å²) in [5, 5.41) is 9.11. The van der Waals surface area contributed by atoms with Crippen LogP contribution in [0.4, 0.5) is 10.5 Å². The fraction of sp³-hybridized carbons (Fsp3) is 0.500. The minimum Gasteiger partial charge on any atom is -0.481 e. The summed E-state index contributed by atoms with van der Waals surface area (Å²) in [6, 6.07) is 5.85. The lowest BCUT2D eigenvalue weighted by Gasteiger charge is -2.34. The number of carboxylic acids is 1. The molecule has 0 saturated carbocycles. The second kappa shape index (κ2) is 6.16. The molecule has 1 aromatic rings. The predicted octanol–water partition coefficient (Wildman–Crippen LogP) is 2.66. The van der Waals surface area contributed by atoms with Gasteiger partial charge in [-0.25, -0.2) is 4.79 Å². The summed E-state index contributed by atoms with van der Waals surface area (Å²) in [6.07, 6.45) is 1.38. The number of carbonyl (C=O) groups is 2. The fourth-order valence-corrected chi connectivity index (χ4v) is 2.82. The van der Waals surface area contributed by atoms with E-state index in [0.29, 0.717) is 19.5 Å². The third-order valence-corrected chi connectivity index (χ3v) is 3.92. The van der Waals surface area contributed by atoms with Crippen LogP contribution < -0.4 is 4.90 Å². The zero-order valence-corrected chi connectivity index (χ0v) is 12.8. The monoisotopic (exact) mass is 290 g/mol. The summed E-state index contributed by atoms with van der Waals surface area (Å²) >= 11 is 0. The topological polar surface area (TPSA) is 60.9 Å². The van der Waals surface area contributed by atoms with Crippen LogP contribution >= 0.6 is 0 Å². The Morgan fingerprint density at radius 1 is 1.24 bits per heavy atom. The van der Waals surface area contributed by atoms with Crippen molar-refractivity contribution in [3.8, 4) is 0 Å². The van der Waals surface area contributed by atoms with Crippen molar-refractivity contribution in [2.24, 2.45) is 5.92 Å². The summed E-state index contributed by atoms with van der Waals surface area (Å²) in [6.45, 7) is 4.91. The standard InChI is InChI=1S/C16H22N2O3/c1-11-7-12(2)9-14(8-11)17(3)16(21)18-6-4-5-13(10-18)15(19)20/h7-9,13H,4-6,10H2,1-3H3,(H,19,20)/t13-/m1/s1. The number of nitrogens with zero attached hydrogens (tertiary/aromatic N) is 2. The smallest absolute Gasteiger partial charge is 0.324 e. The van der Waals surface area contributed by atoms with Crippen molar-refractivity contribution >= 4 is 17.7 Å². The Morgan fingerprint density at radius 3 is 2.43 bits per heavy atom. The Balaban J connectivity index is 2.13. The Morgan fingerprint density at radius 2 is 1.86 bits per heavy atom. The van der Waals surface area contributed by atoms with Crippen molar-refractivity contribution in [3.05, 3.63) is 29.3 Å². The van der Waals surface area contributed by atoms with Gasteiger partial charge in [-0.3, -0.25) is 9.69 Å². The van der Waals surface area contributed by atoms with Gasteiger partial charge in [0.2, 0.25) is 0 Å². The largest absolute Gasteiger partial charge is 0.481 e. The van der Waals surface area contributed by atoms with Crippen molar-refractivity contribution in [2.75, 3.05) is 25.0 Å². The summed E-state index contributed by atoms with van der Waals surface area (Å²) in [4.78, 5) is 26.9. The van der Waals surface area contributed by atoms with Crippen LogP contribution in [0.2, 0.25) is 0 Å². The number of aryl methyl sites for hydroxylation is 2. The molecule has 1 heterocycles. The van der Waals surface area contributed by atoms with Crippen LogP contribution in [-0.2, 0) is 4.79 Å². The molecular formula is C16H22N2O3. The second-order valence-corrected chi connectivity index (χ2v) is 5.81. The van der Waals surface area contributed by atoms with E-state index in [2.05, 4.69) is 6.07 Å². The Kier molecular flexibility index (Phi) is 4.50. The number of carboxylic acid groups (broad SMARTS) is 1. The third kappa shape index (κ3) is 3.54. The number of amides is 2. The molecule has 1 N–H and O–H groups in total. The molecule has 0 aliphatic carbocycles. The average Bonchev–Trinajstić information content (AvgIpc) is 2.44. The lowest BCUT2D eigenvalue weighted by atomic mass is 9.98. The molecule has 2 amide bonds. The number of rotatable bonds is 2. The van der Waals surface area contributed by atoms with Crippen LogP contribution in [0.3, 0.4) is 0 Å². The molecule has 5 heteroatoms. The molecule has 2 rings (SSSR count). The van der Waals surface area contributed by atoms with Gasteiger partial charge in [0, 0.05) is 25.8 Å². The highest BCUT2D eigenvalue weighted by atomic mass is 16.4. The molecular weight excluding hydrogens is 268 g/mol. The number of hydrogen-bond donors (Lipinski definition) is 1. The summed E-state index contributed by atoms with van der Waals surface area (Å²) in [5.74, 6) is -1.27. The van der Waals surface area contributed by atoms with Crippen molar-refractivity contribution in [2.45, 2.75) is 26.7 Å². The van der Waals surface area contributed by atoms with Gasteiger partial charge in [-0.15, -0.1) is 0 Å². The van der Waals surface area contributed by atoms with Crippen molar-refractivity contribution in [1.29, 1.82) is 0 Å². The van der Waals surface area contributed by atoms with Gasteiger partial charge in [-0.05, 0) is 49.9 Å². The molecule has 1 aromatic carbocycles. The molecule has 0 bridgehead atoms. The molecule has 114 valence electrons. The van der Waals surface area contributed by atoms with Crippen molar-refractivity contribution in [3.63, 3.8) is 0 Å². The molecule has 1 saturated heterocycles. The first kappa shape index (κ1) is 15.4. The van der Waals surface area contributed by atoms with Crippen LogP contribution in [0.15, 0.2) is 18.2 Å². The number of hydrogen-bond acceptors (Lipinski definition) is 2. The van der Waals surface area contributed by atoms with E-state index in [1.54, 1.807) is 16.8 Å². The quantitative estimate of drug-likeness (QED) is 0.911. The van der Waals surface area contributed by atoms with E-state index in [0.717, 1.165) is 23.2 Å². The van der Waals surface area contributed by atoms with Crippen LogP contribution in [0.25, 0.3) is 0 Å². The Labute approximate surface area is 125 Å². The maximum absolute atomic E-state index is 12.5. The molecule has 1 aliphatic rings. The number of benzene rings is 1. The first-order valence-corrected chi connectivity index (χ1v) is 7.22. The van der Waals surface area contributed by atoms with Gasteiger partial charge >= 0.3 is 12.0 Å². The van der Waals surface area contributed by atoms with E-state index < -0.39 is 11.9 Å². The van der Waals surface area contributed by atoms with Gasteiger partial charge in [0.1, 0.15) is 0 Å². The highest BCUT2D eigenvalue weighted by Crippen LogP contribution is 2.22. The van der Waals surface area contributed by atoms with E-state index in [1.165, 1.54) is 0 Å². The molecule has 1 atom stereocenters. The van der Waals surface area contributed by atoms with Gasteiger partial charge in [-0.1, -0.05) is 6.07 Å². The average molecular weight is 290 g/mol. The number of urea groups is 1. The van der Waals surface area contributed by atoms with E-state index >= 15 is 0 Å². The highest BCUT2D eigenvalue weighted by molar-refractivity contribution is 5.92. The minimum absolute atomic E-state index is 0.133. The maximum atomic E-state index is 12.5. The van der Waals surface area contributed by atoms with Crippen LogP contribution in [0.1, 0.15) is 24.0 Å². The predicted molar refractivity (Wildman–Crippen MR) is 81.6 cm³/mol. The molecule has 0 radical (unpaired) electrons. The summed E-state index contributed by atoms with van der Waals surface area (Å²) in [5.41, 5.74) is 3.05. The van der Waals surface area contributed by atoms with Crippen LogP contribution in [0, 0.1) is 19.8 Å². The fourth-order valence-electron chi connectivity index (χ4n) is 2.82. The zero-order chi connectivity index (χ0) is 15.6. The van der Waals surface area contributed by atoms with E-state index in [4.69, 9.17) is 5.11 Å². The number of aliphatic carboxylic acids is 1. The lowest BCUT2D eigenvalue weighted by Crippen LogP contribution is -2.47. The van der Waals surface area contributed by atoms with Crippen molar-refractivity contribution < 1.29 is 14.7 Å². The summed E-state index contributed by atoms with van der Waals surface area (Å²) in [7, 11) is 1.74. The van der Waals surface area contributed by atoms with E-state index in [9.17, 15) is 9.59 Å². The maximum Gasteiger partial charge on any atom is 0.324 e. The van der Waals surface area contributed by atoms with E-state index in [1.807, 2.05) is 26.0 Å². The number of piperidine rings is 1. The Bertz CT molecular complexity index is 536. The van der Waals surface area contributed by atoms with Gasteiger partial charge < -0.3 is 10.0 Å². The second-order valence-electron chi connectivity index (χ2n) is 5.81. The molecule has 1 aliphatic heterocycles. The molecule has 0 aromatic heterocycles. The summed E-state index contributed by atoms with van der Waals surface area (Å²) < 4.78 is 0. The normalized spacial score (nSPS) is 18.4. The zero-order valence-electron chi connectivity index (χ0n) is 12.8. The first-order chi connectivity index (χ1) is 9.88. The van der Waals surface area contributed by atoms with Crippen LogP contribution in [-0.4, -0.2) is 42.1 Å². The third-order valence-electron chi connectivity index (χ3n) is 3.92. The number of likely N-dealkylation sites (tertiary alicyclic amines) is 1. The number of anilines is 1. The molecule has 21 heavy (non-hydrogen) atoms. The Hall–Kier alpha value is -2.04. The lowest BCUT2D eigenvalue weighted by molar-refractivity contribution is -0.143. The first-order valence-electron chi connectivity index (χ1n) is 7.22. The molecule has 5 nitrogen and oxygen atoms in total. The van der Waals surface area contributed by atoms with E-state index in [-0.39, 0.29) is 6.03 Å². The van der Waals surface area contributed by atoms with Gasteiger partial charge in [-0.2, -0.15) is 0 Å². The molecule has 0 unspecified atom stereocenters. The minimum atomic E-state index is -0.818. The SMILES string of the molecule is Cc1cc(C)cc(N(C)C(=O)N2CCC[C@@H](C(=O)O)C2)c1.